The molecule has 2 heteroatoms. The van der Waals surface area contributed by atoms with Gasteiger partial charge >= 0.3 is 0 Å². The third-order valence-corrected chi connectivity index (χ3v) is 3.19. The summed E-state index contributed by atoms with van der Waals surface area (Å²) in [5, 5.41) is 3.42. The zero-order valence-corrected chi connectivity index (χ0v) is 12.1. The van der Waals surface area contributed by atoms with Gasteiger partial charge in [-0.1, -0.05) is 49.4 Å². The number of nitrogens with one attached hydrogen (secondary N) is 1. The fourth-order valence-corrected chi connectivity index (χ4v) is 2.02. The average Bonchev–Trinajstić information content (AvgIpc) is 2.52. The van der Waals surface area contributed by atoms with Gasteiger partial charge in [0.25, 0.3) is 0 Å². The molecule has 0 aliphatic heterocycles. The molecule has 0 aromatic heterocycles. The van der Waals surface area contributed by atoms with E-state index < -0.39 is 0 Å². The van der Waals surface area contributed by atoms with E-state index in [9.17, 15) is 0 Å². The second-order valence-electron chi connectivity index (χ2n) is 4.92. The Morgan fingerprint density at radius 3 is 2.25 bits per heavy atom. The Morgan fingerprint density at radius 2 is 1.55 bits per heavy atom. The molecule has 106 valence electrons. The van der Waals surface area contributed by atoms with Crippen LogP contribution in [0.25, 0.3) is 0 Å². The fraction of sp³-hybridized carbons (Fsp3) is 0.333. The molecule has 0 heterocycles. The lowest BCUT2D eigenvalue weighted by Crippen LogP contribution is -2.17. The van der Waals surface area contributed by atoms with Crippen molar-refractivity contribution in [1.29, 1.82) is 0 Å². The molecule has 0 aliphatic rings. The molecule has 0 spiro atoms. The van der Waals surface area contributed by atoms with Gasteiger partial charge in [-0.25, -0.2) is 0 Å². The van der Waals surface area contributed by atoms with Crippen LogP contribution >= 0.6 is 0 Å². The summed E-state index contributed by atoms with van der Waals surface area (Å²) in [5.41, 5.74) is 2.58. The predicted molar refractivity (Wildman–Crippen MR) is 84.1 cm³/mol. The SMILES string of the molecule is CCCNCCc1ccc(COc2ccccc2)cc1. The van der Waals surface area contributed by atoms with Crippen LogP contribution in [0.3, 0.4) is 0 Å². The molecule has 0 fully saturated rings. The van der Waals surface area contributed by atoms with Gasteiger partial charge in [0.1, 0.15) is 12.4 Å². The number of hydrogen-bond donors (Lipinski definition) is 1. The van der Waals surface area contributed by atoms with Crippen LogP contribution in [0.4, 0.5) is 0 Å². The fourth-order valence-electron chi connectivity index (χ4n) is 2.02. The number of benzene rings is 2. The van der Waals surface area contributed by atoms with Gasteiger partial charge in [0.15, 0.2) is 0 Å². The second kappa shape index (κ2) is 8.39. The van der Waals surface area contributed by atoms with E-state index in [0.29, 0.717) is 6.61 Å². The van der Waals surface area contributed by atoms with Crippen molar-refractivity contribution in [3.63, 3.8) is 0 Å². The van der Waals surface area contributed by atoms with Gasteiger partial charge in [-0.3, -0.25) is 0 Å². The maximum absolute atomic E-state index is 5.73. The van der Waals surface area contributed by atoms with Crippen LogP contribution in [0.5, 0.6) is 5.75 Å². The summed E-state index contributed by atoms with van der Waals surface area (Å²) in [6.07, 6.45) is 2.27. The van der Waals surface area contributed by atoms with Gasteiger partial charge in [0.2, 0.25) is 0 Å². The van der Waals surface area contributed by atoms with E-state index in [1.165, 1.54) is 17.5 Å². The zero-order chi connectivity index (χ0) is 14.0. The molecule has 2 aromatic carbocycles. The van der Waals surface area contributed by atoms with Gasteiger partial charge in [0, 0.05) is 0 Å². The minimum atomic E-state index is 0.623. The second-order valence-corrected chi connectivity index (χ2v) is 4.92. The molecular weight excluding hydrogens is 246 g/mol. The molecular formula is C18H23NO. The molecule has 0 radical (unpaired) electrons. The highest BCUT2D eigenvalue weighted by atomic mass is 16.5. The van der Waals surface area contributed by atoms with Crippen molar-refractivity contribution in [2.75, 3.05) is 13.1 Å². The summed E-state index contributed by atoms with van der Waals surface area (Å²) in [5.74, 6) is 0.917. The summed E-state index contributed by atoms with van der Waals surface area (Å²) in [6, 6.07) is 18.6. The van der Waals surface area contributed by atoms with E-state index in [-0.39, 0.29) is 0 Å². The smallest absolute Gasteiger partial charge is 0.119 e. The third-order valence-electron chi connectivity index (χ3n) is 3.19. The quantitative estimate of drug-likeness (QED) is 0.736. The first-order valence-electron chi connectivity index (χ1n) is 7.35. The molecule has 1 N–H and O–H groups in total. The minimum Gasteiger partial charge on any atom is -0.489 e. The molecule has 0 amide bonds. The highest BCUT2D eigenvalue weighted by Crippen LogP contribution is 2.12. The monoisotopic (exact) mass is 269 g/mol. The standard InChI is InChI=1S/C18H23NO/c1-2-13-19-14-12-16-8-10-17(11-9-16)15-20-18-6-4-3-5-7-18/h3-11,19H,2,12-15H2,1H3. The Bertz CT molecular complexity index is 479. The maximum atomic E-state index is 5.73. The predicted octanol–water partition coefficient (Wildman–Crippen LogP) is 3.81. The van der Waals surface area contributed by atoms with Crippen molar-refractivity contribution < 1.29 is 4.74 Å². The van der Waals surface area contributed by atoms with Crippen molar-refractivity contribution in [2.45, 2.75) is 26.4 Å². The number of rotatable bonds is 8. The summed E-state index contributed by atoms with van der Waals surface area (Å²) in [6.45, 7) is 4.96. The zero-order valence-electron chi connectivity index (χ0n) is 12.1. The molecule has 0 saturated heterocycles. The molecule has 0 atom stereocenters. The summed E-state index contributed by atoms with van der Waals surface area (Å²) in [4.78, 5) is 0. The van der Waals surface area contributed by atoms with Crippen LogP contribution in [0.1, 0.15) is 24.5 Å². The Labute approximate surface area is 121 Å². The lowest BCUT2D eigenvalue weighted by molar-refractivity contribution is 0.306. The summed E-state index contributed by atoms with van der Waals surface area (Å²) in [7, 11) is 0. The van der Waals surface area contributed by atoms with Crippen molar-refractivity contribution >= 4 is 0 Å². The molecule has 2 aromatic rings. The van der Waals surface area contributed by atoms with Crippen LogP contribution in [-0.4, -0.2) is 13.1 Å². The van der Waals surface area contributed by atoms with E-state index in [2.05, 4.69) is 36.5 Å². The lowest BCUT2D eigenvalue weighted by atomic mass is 10.1. The first-order valence-corrected chi connectivity index (χ1v) is 7.35. The molecule has 0 unspecified atom stereocenters. The molecule has 0 saturated carbocycles. The number of ether oxygens (including phenoxy) is 1. The number of hydrogen-bond acceptors (Lipinski definition) is 2. The molecule has 2 nitrogen and oxygen atoms in total. The molecule has 20 heavy (non-hydrogen) atoms. The normalized spacial score (nSPS) is 10.4. The molecule has 0 bridgehead atoms. The van der Waals surface area contributed by atoms with E-state index in [1.54, 1.807) is 0 Å². The Hall–Kier alpha value is -1.80. The van der Waals surface area contributed by atoms with Crippen molar-refractivity contribution in [3.8, 4) is 5.75 Å². The summed E-state index contributed by atoms with van der Waals surface area (Å²) >= 11 is 0. The van der Waals surface area contributed by atoms with Crippen LogP contribution < -0.4 is 10.1 Å². The van der Waals surface area contributed by atoms with Crippen molar-refractivity contribution in [3.05, 3.63) is 65.7 Å². The Morgan fingerprint density at radius 1 is 0.850 bits per heavy atom. The highest BCUT2D eigenvalue weighted by molar-refractivity contribution is 5.24. The van der Waals surface area contributed by atoms with Gasteiger partial charge in [-0.05, 0) is 49.2 Å². The van der Waals surface area contributed by atoms with Crippen molar-refractivity contribution in [2.24, 2.45) is 0 Å². The van der Waals surface area contributed by atoms with Crippen LogP contribution in [0.2, 0.25) is 0 Å². The van der Waals surface area contributed by atoms with Crippen LogP contribution in [0.15, 0.2) is 54.6 Å². The maximum Gasteiger partial charge on any atom is 0.119 e. The van der Waals surface area contributed by atoms with Crippen molar-refractivity contribution in [1.82, 2.24) is 5.32 Å². The lowest BCUT2D eigenvalue weighted by Gasteiger charge is -2.07. The first kappa shape index (κ1) is 14.6. The molecule has 0 aliphatic carbocycles. The Balaban J connectivity index is 1.76. The molecule has 2 rings (SSSR count). The average molecular weight is 269 g/mol. The third kappa shape index (κ3) is 5.06. The topological polar surface area (TPSA) is 21.3 Å². The van der Waals surface area contributed by atoms with Gasteiger partial charge < -0.3 is 10.1 Å². The summed E-state index contributed by atoms with van der Waals surface area (Å²) < 4.78 is 5.73. The van der Waals surface area contributed by atoms with E-state index in [4.69, 9.17) is 4.74 Å². The van der Waals surface area contributed by atoms with E-state index in [0.717, 1.165) is 25.3 Å². The number of para-hydroxylation sites is 1. The van der Waals surface area contributed by atoms with Gasteiger partial charge in [-0.15, -0.1) is 0 Å². The largest absolute Gasteiger partial charge is 0.489 e. The highest BCUT2D eigenvalue weighted by Gasteiger charge is 1.97. The van der Waals surface area contributed by atoms with E-state index in [1.807, 2.05) is 30.3 Å². The Kier molecular flexibility index (Phi) is 6.12. The van der Waals surface area contributed by atoms with Gasteiger partial charge in [0.05, 0.1) is 0 Å². The first-order chi connectivity index (χ1) is 9.88. The van der Waals surface area contributed by atoms with E-state index >= 15 is 0 Å². The van der Waals surface area contributed by atoms with Crippen LogP contribution in [-0.2, 0) is 13.0 Å². The minimum absolute atomic E-state index is 0.623. The van der Waals surface area contributed by atoms with Crippen LogP contribution in [0, 0.1) is 0 Å². The van der Waals surface area contributed by atoms with Gasteiger partial charge in [-0.2, -0.15) is 0 Å².